The maximum absolute atomic E-state index is 13.4. The fourth-order valence-corrected chi connectivity index (χ4v) is 4.94. The number of benzene rings is 2. The average Bonchev–Trinajstić information content (AvgIpc) is 3.00. The fourth-order valence-electron chi connectivity index (χ4n) is 4.94. The number of carbonyl (C=O) groups is 2. The van der Waals surface area contributed by atoms with Gasteiger partial charge in [-0.3, -0.25) is 9.59 Å². The molecule has 1 saturated heterocycles. The zero-order valence-corrected chi connectivity index (χ0v) is 23.9. The van der Waals surface area contributed by atoms with Crippen LogP contribution in [0, 0.1) is 0 Å². The number of pyridine rings is 1. The second-order valence-corrected chi connectivity index (χ2v) is 10.4. The molecule has 0 radical (unpaired) electrons. The highest BCUT2D eigenvalue weighted by Crippen LogP contribution is 2.25. The van der Waals surface area contributed by atoms with Crippen molar-refractivity contribution in [3.63, 3.8) is 0 Å². The van der Waals surface area contributed by atoms with Crippen molar-refractivity contribution in [2.24, 2.45) is 0 Å². The molecule has 2 aromatic heterocycles. The number of piperazine rings is 1. The van der Waals surface area contributed by atoms with E-state index in [2.05, 4.69) is 37.1 Å². The summed E-state index contributed by atoms with van der Waals surface area (Å²) in [7, 11) is 7.07. The highest BCUT2D eigenvalue weighted by molar-refractivity contribution is 6.01. The van der Waals surface area contributed by atoms with Gasteiger partial charge in [0.1, 0.15) is 18.2 Å². The summed E-state index contributed by atoms with van der Waals surface area (Å²) in [6.07, 6.45) is 1.89. The van der Waals surface area contributed by atoms with Crippen LogP contribution in [0.2, 0.25) is 0 Å². The van der Waals surface area contributed by atoms with Gasteiger partial charge in [-0.25, -0.2) is 15.0 Å². The van der Waals surface area contributed by atoms with Crippen LogP contribution in [0.1, 0.15) is 15.9 Å². The van der Waals surface area contributed by atoms with Crippen LogP contribution in [0.3, 0.4) is 0 Å². The first-order valence-corrected chi connectivity index (χ1v) is 13.6. The van der Waals surface area contributed by atoms with Gasteiger partial charge in [-0.15, -0.1) is 0 Å². The van der Waals surface area contributed by atoms with E-state index in [9.17, 15) is 9.59 Å². The number of fused-ring (bicyclic) bond motifs is 1. The Hall–Kier alpha value is -4.57. The Morgan fingerprint density at radius 3 is 2.46 bits per heavy atom. The molecule has 0 saturated carbocycles. The molecule has 1 N–H and O–H groups in total. The number of likely N-dealkylation sites (N-methyl/N-ethyl adjacent to an activating group) is 2. The summed E-state index contributed by atoms with van der Waals surface area (Å²) in [6, 6.07) is 18.1. The lowest BCUT2D eigenvalue weighted by Gasteiger charge is -2.33. The third-order valence-corrected chi connectivity index (χ3v) is 7.35. The summed E-state index contributed by atoms with van der Waals surface area (Å²) < 4.78 is 5.23. The number of ether oxygens (including phenoxy) is 1. The van der Waals surface area contributed by atoms with Crippen LogP contribution in [0.5, 0.6) is 5.88 Å². The highest BCUT2D eigenvalue weighted by atomic mass is 16.5. The van der Waals surface area contributed by atoms with Crippen molar-refractivity contribution in [2.75, 3.05) is 59.3 Å². The van der Waals surface area contributed by atoms with E-state index in [0.29, 0.717) is 23.4 Å². The Kier molecular flexibility index (Phi) is 8.39. The summed E-state index contributed by atoms with van der Waals surface area (Å²) in [4.78, 5) is 46.0. The molecule has 10 heteroatoms. The summed E-state index contributed by atoms with van der Waals surface area (Å²) in [5, 5.41) is 3.86. The SMILES string of the molecule is COc1cccc(-c2ccc(C[C@H](NC(=O)c3ccc4c(N5CCN(C)CC5)ncnc4c3)C(=O)N(C)C)cc2)n1. The first-order valence-electron chi connectivity index (χ1n) is 13.6. The fraction of sp³-hybridized carbons (Fsp3) is 0.323. The van der Waals surface area contributed by atoms with E-state index in [1.54, 1.807) is 45.7 Å². The number of nitrogens with zero attached hydrogens (tertiary/aromatic N) is 6. The van der Waals surface area contributed by atoms with Crippen LogP contribution in [0.25, 0.3) is 22.2 Å². The first kappa shape index (κ1) is 28.0. The summed E-state index contributed by atoms with van der Waals surface area (Å²) >= 11 is 0. The Bertz CT molecular complexity index is 1530. The lowest BCUT2D eigenvalue weighted by atomic mass is 10.0. The largest absolute Gasteiger partial charge is 0.481 e. The number of carbonyl (C=O) groups excluding carboxylic acids is 2. The molecule has 0 unspecified atom stereocenters. The molecular formula is C31H35N7O3. The monoisotopic (exact) mass is 553 g/mol. The van der Waals surface area contributed by atoms with Crippen LogP contribution in [0.4, 0.5) is 5.82 Å². The van der Waals surface area contributed by atoms with Crippen molar-refractivity contribution in [3.8, 4) is 17.1 Å². The van der Waals surface area contributed by atoms with E-state index in [1.165, 1.54) is 4.90 Å². The normalized spacial score (nSPS) is 14.5. The minimum atomic E-state index is -0.736. The first-order chi connectivity index (χ1) is 19.8. The van der Waals surface area contributed by atoms with Crippen LogP contribution in [-0.2, 0) is 11.2 Å². The van der Waals surface area contributed by atoms with E-state index >= 15 is 0 Å². The molecule has 5 rings (SSSR count). The molecule has 1 atom stereocenters. The van der Waals surface area contributed by atoms with Gasteiger partial charge in [0.2, 0.25) is 11.8 Å². The quantitative estimate of drug-likeness (QED) is 0.355. The van der Waals surface area contributed by atoms with Crippen molar-refractivity contribution in [1.82, 2.24) is 30.1 Å². The lowest BCUT2D eigenvalue weighted by Crippen LogP contribution is -2.47. The van der Waals surface area contributed by atoms with Gasteiger partial charge in [-0.2, -0.15) is 0 Å². The van der Waals surface area contributed by atoms with Gasteiger partial charge in [0.05, 0.1) is 18.3 Å². The van der Waals surface area contributed by atoms with E-state index in [-0.39, 0.29) is 11.8 Å². The van der Waals surface area contributed by atoms with Crippen molar-refractivity contribution in [1.29, 1.82) is 0 Å². The highest BCUT2D eigenvalue weighted by Gasteiger charge is 2.24. The zero-order chi connectivity index (χ0) is 28.9. The number of amides is 2. The van der Waals surface area contributed by atoms with Gasteiger partial charge in [0.25, 0.3) is 5.91 Å². The zero-order valence-electron chi connectivity index (χ0n) is 23.9. The van der Waals surface area contributed by atoms with E-state index in [0.717, 1.165) is 54.2 Å². The number of hydrogen-bond donors (Lipinski definition) is 1. The molecule has 41 heavy (non-hydrogen) atoms. The Balaban J connectivity index is 1.33. The summed E-state index contributed by atoms with van der Waals surface area (Å²) in [6.45, 7) is 3.70. The van der Waals surface area contributed by atoms with Crippen molar-refractivity contribution in [2.45, 2.75) is 12.5 Å². The molecule has 1 fully saturated rings. The Morgan fingerprint density at radius 2 is 1.76 bits per heavy atom. The number of anilines is 1. The molecule has 2 aromatic carbocycles. The van der Waals surface area contributed by atoms with E-state index in [1.807, 2.05) is 42.5 Å². The number of aromatic nitrogens is 3. The van der Waals surface area contributed by atoms with Crippen LogP contribution in [0.15, 0.2) is 67.0 Å². The van der Waals surface area contributed by atoms with Gasteiger partial charge in [-0.1, -0.05) is 30.3 Å². The molecule has 3 heterocycles. The topological polar surface area (TPSA) is 104 Å². The van der Waals surface area contributed by atoms with Gasteiger partial charge in [-0.05, 0) is 36.9 Å². The van der Waals surface area contributed by atoms with Crippen LogP contribution < -0.4 is 15.0 Å². The molecule has 1 aliphatic rings. The van der Waals surface area contributed by atoms with Gasteiger partial charge >= 0.3 is 0 Å². The molecular weight excluding hydrogens is 518 g/mol. The third kappa shape index (κ3) is 6.44. The predicted molar refractivity (Wildman–Crippen MR) is 159 cm³/mol. The molecule has 0 aliphatic carbocycles. The van der Waals surface area contributed by atoms with Gasteiger partial charge in [0.15, 0.2) is 0 Å². The van der Waals surface area contributed by atoms with E-state index < -0.39 is 6.04 Å². The maximum Gasteiger partial charge on any atom is 0.252 e. The summed E-state index contributed by atoms with van der Waals surface area (Å²) in [5.74, 6) is 0.909. The molecule has 1 aliphatic heterocycles. The molecule has 0 bridgehead atoms. The molecule has 2 amide bonds. The molecule has 212 valence electrons. The third-order valence-electron chi connectivity index (χ3n) is 7.35. The minimum Gasteiger partial charge on any atom is -0.481 e. The van der Waals surface area contributed by atoms with Gasteiger partial charge < -0.3 is 24.8 Å². The van der Waals surface area contributed by atoms with E-state index in [4.69, 9.17) is 4.74 Å². The second-order valence-electron chi connectivity index (χ2n) is 10.4. The number of rotatable bonds is 8. The number of methoxy groups -OCH3 is 1. The molecule has 10 nitrogen and oxygen atoms in total. The Labute approximate surface area is 240 Å². The number of nitrogens with one attached hydrogen (secondary N) is 1. The second kappa shape index (κ2) is 12.3. The lowest BCUT2D eigenvalue weighted by molar-refractivity contribution is -0.130. The Morgan fingerprint density at radius 1 is 1.00 bits per heavy atom. The average molecular weight is 554 g/mol. The van der Waals surface area contributed by atoms with Crippen LogP contribution >= 0.6 is 0 Å². The van der Waals surface area contributed by atoms with Crippen molar-refractivity contribution >= 4 is 28.5 Å². The standard InChI is InChI=1S/C31H35N7O3/c1-36(2)31(40)27(18-21-8-10-22(11-9-21)25-6-5-7-28(34-25)41-4)35-30(39)23-12-13-24-26(19-23)32-20-33-29(24)38-16-14-37(3)15-17-38/h5-13,19-20,27H,14-18H2,1-4H3,(H,35,39)/t27-/m0/s1. The van der Waals surface area contributed by atoms with Crippen molar-refractivity contribution in [3.05, 3.63) is 78.1 Å². The van der Waals surface area contributed by atoms with Gasteiger partial charge in [0, 0.05) is 69.3 Å². The smallest absolute Gasteiger partial charge is 0.252 e. The minimum absolute atomic E-state index is 0.183. The number of hydrogen-bond acceptors (Lipinski definition) is 8. The molecule has 0 spiro atoms. The molecule has 4 aromatic rings. The van der Waals surface area contributed by atoms with Crippen LogP contribution in [-0.4, -0.2) is 97.0 Å². The van der Waals surface area contributed by atoms with Crippen molar-refractivity contribution < 1.29 is 14.3 Å². The predicted octanol–water partition coefficient (Wildman–Crippen LogP) is 2.88. The summed E-state index contributed by atoms with van der Waals surface area (Å²) in [5.41, 5.74) is 3.78. The maximum atomic E-state index is 13.4.